The molecule has 0 saturated carbocycles. The Bertz CT molecular complexity index is 478. The fourth-order valence-corrected chi connectivity index (χ4v) is 1.67. The first-order valence-corrected chi connectivity index (χ1v) is 5.40. The number of hydrogen-bond donors (Lipinski definition) is 2. The van der Waals surface area contributed by atoms with Gasteiger partial charge in [-0.3, -0.25) is 0 Å². The van der Waals surface area contributed by atoms with Crippen molar-refractivity contribution in [2.75, 3.05) is 5.32 Å². The zero-order chi connectivity index (χ0) is 11.4. The molecule has 3 N–H and O–H groups in total. The predicted molar refractivity (Wildman–Crippen MR) is 68.8 cm³/mol. The molecule has 0 atom stereocenters. The highest BCUT2D eigenvalue weighted by Crippen LogP contribution is 2.18. The summed E-state index contributed by atoms with van der Waals surface area (Å²) in [5, 5.41) is 3.36. The second kappa shape index (κ2) is 4.81. The van der Waals surface area contributed by atoms with Gasteiger partial charge >= 0.3 is 0 Å². The number of nitrogens with two attached hydrogens (primary N) is 1. The summed E-state index contributed by atoms with van der Waals surface area (Å²) < 4.78 is 0. The molecule has 2 rings (SSSR count). The minimum absolute atomic E-state index is 0.573. The lowest BCUT2D eigenvalue weighted by molar-refractivity contribution is 1.07. The van der Waals surface area contributed by atoms with Crippen molar-refractivity contribution in [2.24, 2.45) is 5.73 Å². The molecule has 16 heavy (non-hydrogen) atoms. The van der Waals surface area contributed by atoms with E-state index >= 15 is 0 Å². The van der Waals surface area contributed by atoms with Gasteiger partial charge in [-0.2, -0.15) is 0 Å². The van der Waals surface area contributed by atoms with Gasteiger partial charge in [-0.05, 0) is 42.3 Å². The average Bonchev–Trinajstić information content (AvgIpc) is 2.29. The third-order valence-electron chi connectivity index (χ3n) is 2.47. The Morgan fingerprint density at radius 1 is 1.00 bits per heavy atom. The maximum absolute atomic E-state index is 5.61. The fraction of sp³-hybridized carbons (Fsp3) is 0.143. The average molecular weight is 212 g/mol. The molecule has 0 heterocycles. The standard InChI is InChI=1S/C14H16N2/c1-11-4-2-6-13(8-11)16-14-7-3-5-12(9-14)10-15/h2-9,16H,10,15H2,1H3. The van der Waals surface area contributed by atoms with Crippen LogP contribution in [0.4, 0.5) is 11.4 Å². The molecule has 0 bridgehead atoms. The van der Waals surface area contributed by atoms with Crippen molar-refractivity contribution in [3.63, 3.8) is 0 Å². The predicted octanol–water partition coefficient (Wildman–Crippen LogP) is 3.20. The van der Waals surface area contributed by atoms with E-state index in [1.54, 1.807) is 0 Å². The molecule has 0 aliphatic carbocycles. The van der Waals surface area contributed by atoms with Crippen LogP contribution in [0.3, 0.4) is 0 Å². The third kappa shape index (κ3) is 2.61. The quantitative estimate of drug-likeness (QED) is 0.820. The monoisotopic (exact) mass is 212 g/mol. The van der Waals surface area contributed by atoms with Crippen molar-refractivity contribution in [3.8, 4) is 0 Å². The SMILES string of the molecule is Cc1cccc(Nc2cccc(CN)c2)c1. The minimum atomic E-state index is 0.573. The Balaban J connectivity index is 2.20. The van der Waals surface area contributed by atoms with E-state index in [0.29, 0.717) is 6.54 Å². The molecule has 0 radical (unpaired) electrons. The number of rotatable bonds is 3. The maximum atomic E-state index is 5.61. The van der Waals surface area contributed by atoms with Gasteiger partial charge in [0, 0.05) is 17.9 Å². The number of nitrogens with one attached hydrogen (secondary N) is 1. The summed E-state index contributed by atoms with van der Waals surface area (Å²) in [5.41, 5.74) is 10.2. The zero-order valence-corrected chi connectivity index (χ0v) is 9.40. The van der Waals surface area contributed by atoms with E-state index < -0.39 is 0 Å². The topological polar surface area (TPSA) is 38.0 Å². The van der Waals surface area contributed by atoms with E-state index in [0.717, 1.165) is 16.9 Å². The lowest BCUT2D eigenvalue weighted by Crippen LogP contribution is -1.97. The normalized spacial score (nSPS) is 10.1. The molecule has 2 nitrogen and oxygen atoms in total. The van der Waals surface area contributed by atoms with E-state index in [9.17, 15) is 0 Å². The Morgan fingerprint density at radius 2 is 1.69 bits per heavy atom. The van der Waals surface area contributed by atoms with Crippen LogP contribution in [0.15, 0.2) is 48.5 Å². The van der Waals surface area contributed by atoms with Crippen molar-refractivity contribution in [1.29, 1.82) is 0 Å². The molecule has 2 heteroatoms. The molecule has 0 spiro atoms. The second-order valence-electron chi connectivity index (χ2n) is 3.90. The van der Waals surface area contributed by atoms with E-state index in [2.05, 4.69) is 36.5 Å². The molecule has 0 aliphatic heterocycles. The molecule has 2 aromatic carbocycles. The number of hydrogen-bond acceptors (Lipinski definition) is 2. The van der Waals surface area contributed by atoms with Crippen LogP contribution in [0.25, 0.3) is 0 Å². The first-order chi connectivity index (χ1) is 7.78. The van der Waals surface area contributed by atoms with Crippen molar-refractivity contribution in [1.82, 2.24) is 0 Å². The van der Waals surface area contributed by atoms with Crippen LogP contribution in [0.5, 0.6) is 0 Å². The summed E-state index contributed by atoms with van der Waals surface area (Å²) in [6.45, 7) is 2.66. The Hall–Kier alpha value is -1.80. The smallest absolute Gasteiger partial charge is 0.0387 e. The fourth-order valence-electron chi connectivity index (χ4n) is 1.67. The summed E-state index contributed by atoms with van der Waals surface area (Å²) in [4.78, 5) is 0. The highest BCUT2D eigenvalue weighted by molar-refractivity contribution is 5.60. The van der Waals surface area contributed by atoms with E-state index in [1.165, 1.54) is 5.56 Å². The van der Waals surface area contributed by atoms with Crippen molar-refractivity contribution in [2.45, 2.75) is 13.5 Å². The number of aryl methyl sites for hydroxylation is 1. The summed E-state index contributed by atoms with van der Waals surface area (Å²) >= 11 is 0. The zero-order valence-electron chi connectivity index (χ0n) is 9.40. The first-order valence-electron chi connectivity index (χ1n) is 5.40. The summed E-state index contributed by atoms with van der Waals surface area (Å²) in [5.74, 6) is 0. The van der Waals surface area contributed by atoms with Gasteiger partial charge in [0.15, 0.2) is 0 Å². The third-order valence-corrected chi connectivity index (χ3v) is 2.47. The Morgan fingerprint density at radius 3 is 2.38 bits per heavy atom. The van der Waals surface area contributed by atoms with E-state index in [1.807, 2.05) is 24.3 Å². The Kier molecular flexibility index (Phi) is 3.22. The van der Waals surface area contributed by atoms with Crippen LogP contribution in [0.2, 0.25) is 0 Å². The van der Waals surface area contributed by atoms with Gasteiger partial charge in [0.05, 0.1) is 0 Å². The lowest BCUT2D eigenvalue weighted by atomic mass is 10.2. The molecule has 2 aromatic rings. The van der Waals surface area contributed by atoms with Crippen molar-refractivity contribution < 1.29 is 0 Å². The van der Waals surface area contributed by atoms with Crippen LogP contribution < -0.4 is 11.1 Å². The van der Waals surface area contributed by atoms with E-state index in [-0.39, 0.29) is 0 Å². The second-order valence-corrected chi connectivity index (χ2v) is 3.90. The number of benzene rings is 2. The van der Waals surface area contributed by atoms with Gasteiger partial charge in [-0.25, -0.2) is 0 Å². The molecule has 0 amide bonds. The molecule has 82 valence electrons. The van der Waals surface area contributed by atoms with Crippen LogP contribution in [-0.4, -0.2) is 0 Å². The molecular formula is C14H16N2. The molecule has 0 aliphatic rings. The van der Waals surface area contributed by atoms with Gasteiger partial charge in [-0.1, -0.05) is 24.3 Å². The van der Waals surface area contributed by atoms with Crippen molar-refractivity contribution in [3.05, 3.63) is 59.7 Å². The summed E-state index contributed by atoms with van der Waals surface area (Å²) in [6.07, 6.45) is 0. The highest BCUT2D eigenvalue weighted by Gasteiger charge is 1.96. The molecule has 0 fully saturated rings. The lowest BCUT2D eigenvalue weighted by Gasteiger charge is -2.08. The first kappa shape index (κ1) is 10.7. The molecule has 0 saturated heterocycles. The maximum Gasteiger partial charge on any atom is 0.0387 e. The minimum Gasteiger partial charge on any atom is -0.356 e. The Labute approximate surface area is 96.1 Å². The van der Waals surface area contributed by atoms with Crippen molar-refractivity contribution >= 4 is 11.4 Å². The molecule has 0 aromatic heterocycles. The van der Waals surface area contributed by atoms with Gasteiger partial charge in [0.1, 0.15) is 0 Å². The summed E-state index contributed by atoms with van der Waals surface area (Å²) in [6, 6.07) is 16.5. The van der Waals surface area contributed by atoms with Crippen LogP contribution >= 0.6 is 0 Å². The molecule has 0 unspecified atom stereocenters. The van der Waals surface area contributed by atoms with Gasteiger partial charge in [0.2, 0.25) is 0 Å². The van der Waals surface area contributed by atoms with Gasteiger partial charge in [-0.15, -0.1) is 0 Å². The van der Waals surface area contributed by atoms with E-state index in [4.69, 9.17) is 5.73 Å². The van der Waals surface area contributed by atoms with Gasteiger partial charge < -0.3 is 11.1 Å². The largest absolute Gasteiger partial charge is 0.356 e. The van der Waals surface area contributed by atoms with Crippen LogP contribution in [0, 0.1) is 6.92 Å². The van der Waals surface area contributed by atoms with Crippen LogP contribution in [0.1, 0.15) is 11.1 Å². The highest BCUT2D eigenvalue weighted by atomic mass is 14.9. The van der Waals surface area contributed by atoms with Gasteiger partial charge in [0.25, 0.3) is 0 Å². The number of anilines is 2. The van der Waals surface area contributed by atoms with Crippen LogP contribution in [-0.2, 0) is 6.54 Å². The summed E-state index contributed by atoms with van der Waals surface area (Å²) in [7, 11) is 0. The molecular weight excluding hydrogens is 196 g/mol.